The number of rotatable bonds is 4. The van der Waals surface area contributed by atoms with E-state index in [4.69, 9.17) is 8.83 Å². The standard InChI is InChI=1S/C48H29NO2/c1-3-12-30(13-4-1)32-22-24-43-39(26-32)35-16-7-9-19-42(35)49(43)44-20-11-18-37-41-29-34(28-38(47(41)51-48(37)44)31-14-5-2-6-15-31)33-23-25-46-40(27-33)36-17-8-10-21-45(36)50-46/h1-29H. The molecule has 0 spiro atoms. The Morgan fingerprint density at radius 2 is 0.941 bits per heavy atom. The van der Waals surface area contributed by atoms with E-state index in [2.05, 4.69) is 168 Å². The quantitative estimate of drug-likeness (QED) is 0.190. The highest BCUT2D eigenvalue weighted by atomic mass is 16.3. The molecule has 0 bridgehead atoms. The zero-order valence-corrected chi connectivity index (χ0v) is 27.5. The van der Waals surface area contributed by atoms with Crippen LogP contribution in [0.2, 0.25) is 0 Å². The van der Waals surface area contributed by atoms with Gasteiger partial charge in [-0.15, -0.1) is 0 Å². The van der Waals surface area contributed by atoms with Crippen molar-refractivity contribution in [1.82, 2.24) is 4.57 Å². The van der Waals surface area contributed by atoms with Crippen LogP contribution in [0.15, 0.2) is 185 Å². The molecule has 11 rings (SSSR count). The summed E-state index contributed by atoms with van der Waals surface area (Å²) in [4.78, 5) is 0. The Balaban J connectivity index is 1.18. The summed E-state index contributed by atoms with van der Waals surface area (Å²) in [6.45, 7) is 0. The molecule has 3 heterocycles. The molecule has 3 nitrogen and oxygen atoms in total. The average Bonchev–Trinajstić information content (AvgIpc) is 3.87. The summed E-state index contributed by atoms with van der Waals surface area (Å²) in [6, 6.07) is 62.5. The number of furan rings is 2. The van der Waals surface area contributed by atoms with E-state index in [9.17, 15) is 0 Å². The Labute approximate surface area is 293 Å². The molecule has 238 valence electrons. The van der Waals surface area contributed by atoms with Gasteiger partial charge in [-0.05, 0) is 82.4 Å². The second-order valence-corrected chi connectivity index (χ2v) is 13.3. The van der Waals surface area contributed by atoms with Gasteiger partial charge in [-0.25, -0.2) is 0 Å². The molecule has 0 aliphatic carbocycles. The second kappa shape index (κ2) is 10.8. The molecule has 0 aliphatic rings. The summed E-state index contributed by atoms with van der Waals surface area (Å²) in [5.74, 6) is 0. The maximum Gasteiger partial charge on any atom is 0.159 e. The predicted octanol–water partition coefficient (Wildman–Crippen LogP) is 13.6. The van der Waals surface area contributed by atoms with E-state index in [1.165, 1.54) is 21.9 Å². The van der Waals surface area contributed by atoms with Crippen LogP contribution in [0.3, 0.4) is 0 Å². The maximum absolute atomic E-state index is 7.05. The zero-order chi connectivity index (χ0) is 33.5. The number of aromatic nitrogens is 1. The van der Waals surface area contributed by atoms with Crippen LogP contribution in [-0.2, 0) is 0 Å². The number of benzene rings is 8. The van der Waals surface area contributed by atoms with E-state index < -0.39 is 0 Å². The Bertz CT molecular complexity index is 3130. The predicted molar refractivity (Wildman–Crippen MR) is 212 cm³/mol. The fourth-order valence-electron chi connectivity index (χ4n) is 8.01. The van der Waals surface area contributed by atoms with Crippen LogP contribution in [-0.4, -0.2) is 4.57 Å². The number of nitrogens with zero attached hydrogens (tertiary/aromatic N) is 1. The molecule has 0 N–H and O–H groups in total. The molecule has 3 aromatic heterocycles. The largest absolute Gasteiger partial charge is 0.456 e. The molecule has 0 unspecified atom stereocenters. The average molecular weight is 652 g/mol. The third kappa shape index (κ3) is 4.25. The molecule has 0 aliphatic heterocycles. The van der Waals surface area contributed by atoms with Gasteiger partial charge in [0.05, 0.1) is 16.7 Å². The van der Waals surface area contributed by atoms with Gasteiger partial charge in [-0.3, -0.25) is 0 Å². The molecule has 11 aromatic rings. The van der Waals surface area contributed by atoms with Crippen molar-refractivity contribution in [3.05, 3.63) is 176 Å². The van der Waals surface area contributed by atoms with Crippen LogP contribution in [0.5, 0.6) is 0 Å². The van der Waals surface area contributed by atoms with E-state index in [-0.39, 0.29) is 0 Å². The molecule has 0 atom stereocenters. The first-order chi connectivity index (χ1) is 25.3. The van der Waals surface area contributed by atoms with Crippen molar-refractivity contribution < 1.29 is 8.83 Å². The molecule has 0 saturated carbocycles. The molecule has 0 fully saturated rings. The van der Waals surface area contributed by atoms with E-state index >= 15 is 0 Å². The van der Waals surface area contributed by atoms with Crippen molar-refractivity contribution in [2.75, 3.05) is 0 Å². The van der Waals surface area contributed by atoms with E-state index in [0.717, 1.165) is 82.9 Å². The van der Waals surface area contributed by atoms with Crippen molar-refractivity contribution >= 4 is 65.7 Å². The van der Waals surface area contributed by atoms with Crippen LogP contribution in [0, 0.1) is 0 Å². The van der Waals surface area contributed by atoms with Gasteiger partial charge in [0, 0.05) is 37.9 Å². The van der Waals surface area contributed by atoms with Crippen LogP contribution >= 0.6 is 0 Å². The summed E-state index contributed by atoms with van der Waals surface area (Å²) >= 11 is 0. The lowest BCUT2D eigenvalue weighted by Crippen LogP contribution is -1.94. The normalized spacial score (nSPS) is 11.9. The lowest BCUT2D eigenvalue weighted by molar-refractivity contribution is 0.667. The fourth-order valence-corrected chi connectivity index (χ4v) is 8.01. The molecular weight excluding hydrogens is 623 g/mol. The highest BCUT2D eigenvalue weighted by molar-refractivity contribution is 6.16. The summed E-state index contributed by atoms with van der Waals surface area (Å²) in [5, 5.41) is 6.85. The summed E-state index contributed by atoms with van der Waals surface area (Å²) in [6.07, 6.45) is 0. The molecule has 0 saturated heterocycles. The first kappa shape index (κ1) is 28.0. The number of para-hydroxylation sites is 3. The van der Waals surface area contributed by atoms with E-state index in [0.29, 0.717) is 0 Å². The third-order valence-corrected chi connectivity index (χ3v) is 10.4. The first-order valence-corrected chi connectivity index (χ1v) is 17.3. The van der Waals surface area contributed by atoms with Crippen molar-refractivity contribution in [2.24, 2.45) is 0 Å². The van der Waals surface area contributed by atoms with Crippen molar-refractivity contribution in [3.63, 3.8) is 0 Å². The van der Waals surface area contributed by atoms with E-state index in [1.54, 1.807) is 0 Å². The van der Waals surface area contributed by atoms with Gasteiger partial charge in [0.1, 0.15) is 16.7 Å². The lowest BCUT2D eigenvalue weighted by Gasteiger charge is -2.09. The van der Waals surface area contributed by atoms with Crippen LogP contribution in [0.4, 0.5) is 0 Å². The van der Waals surface area contributed by atoms with Crippen molar-refractivity contribution in [1.29, 1.82) is 0 Å². The van der Waals surface area contributed by atoms with Crippen LogP contribution in [0.25, 0.3) is 105 Å². The van der Waals surface area contributed by atoms with Gasteiger partial charge in [0.2, 0.25) is 0 Å². The van der Waals surface area contributed by atoms with Gasteiger partial charge >= 0.3 is 0 Å². The zero-order valence-electron chi connectivity index (χ0n) is 27.5. The SMILES string of the molecule is c1ccc(-c2ccc3c(c2)c2ccccc2n3-c2cccc3c2oc2c(-c4ccccc4)cc(-c4ccc5oc6ccccc6c5c4)cc23)cc1. The maximum atomic E-state index is 7.05. The smallest absolute Gasteiger partial charge is 0.159 e. The minimum absolute atomic E-state index is 0.868. The highest BCUT2D eigenvalue weighted by Crippen LogP contribution is 2.44. The third-order valence-electron chi connectivity index (χ3n) is 10.4. The summed E-state index contributed by atoms with van der Waals surface area (Å²) in [5.41, 5.74) is 13.7. The molecule has 51 heavy (non-hydrogen) atoms. The highest BCUT2D eigenvalue weighted by Gasteiger charge is 2.21. The van der Waals surface area contributed by atoms with Gasteiger partial charge in [-0.1, -0.05) is 121 Å². The van der Waals surface area contributed by atoms with Crippen molar-refractivity contribution in [2.45, 2.75) is 0 Å². The van der Waals surface area contributed by atoms with Gasteiger partial charge in [0.25, 0.3) is 0 Å². The minimum atomic E-state index is 0.868. The Hall–Kier alpha value is -6.84. The monoisotopic (exact) mass is 651 g/mol. The number of fused-ring (bicyclic) bond motifs is 9. The molecule has 0 amide bonds. The summed E-state index contributed by atoms with van der Waals surface area (Å²) < 4.78 is 15.6. The summed E-state index contributed by atoms with van der Waals surface area (Å²) in [7, 11) is 0. The van der Waals surface area contributed by atoms with Crippen molar-refractivity contribution in [3.8, 4) is 39.1 Å². The van der Waals surface area contributed by atoms with Crippen LogP contribution in [0.1, 0.15) is 0 Å². The van der Waals surface area contributed by atoms with Gasteiger partial charge in [-0.2, -0.15) is 0 Å². The lowest BCUT2D eigenvalue weighted by atomic mass is 9.95. The molecule has 3 heteroatoms. The second-order valence-electron chi connectivity index (χ2n) is 13.3. The fraction of sp³-hybridized carbons (Fsp3) is 0. The number of hydrogen-bond acceptors (Lipinski definition) is 2. The van der Waals surface area contributed by atoms with Crippen LogP contribution < -0.4 is 0 Å². The topological polar surface area (TPSA) is 31.2 Å². The Morgan fingerprint density at radius 1 is 0.314 bits per heavy atom. The Kier molecular flexibility index (Phi) is 5.96. The molecular formula is C48H29NO2. The molecule has 0 radical (unpaired) electrons. The number of hydrogen-bond donors (Lipinski definition) is 0. The van der Waals surface area contributed by atoms with Gasteiger partial charge < -0.3 is 13.4 Å². The van der Waals surface area contributed by atoms with Gasteiger partial charge in [0.15, 0.2) is 5.58 Å². The Morgan fingerprint density at radius 3 is 1.80 bits per heavy atom. The van der Waals surface area contributed by atoms with E-state index in [1.807, 2.05) is 12.1 Å². The minimum Gasteiger partial charge on any atom is -0.456 e. The molecule has 8 aromatic carbocycles. The first-order valence-electron chi connectivity index (χ1n) is 17.3.